The second-order valence-electron chi connectivity index (χ2n) is 6.67. The van der Waals surface area contributed by atoms with Gasteiger partial charge in [-0.1, -0.05) is 30.3 Å². The van der Waals surface area contributed by atoms with Crippen molar-refractivity contribution in [3.63, 3.8) is 0 Å². The highest BCUT2D eigenvalue weighted by molar-refractivity contribution is 7.09. The third kappa shape index (κ3) is 7.05. The molecule has 0 radical (unpaired) electrons. The summed E-state index contributed by atoms with van der Waals surface area (Å²) in [6.07, 6.45) is 1.80. The molecule has 5 nitrogen and oxygen atoms in total. The van der Waals surface area contributed by atoms with Crippen molar-refractivity contribution in [3.8, 4) is 0 Å². The molecule has 1 aliphatic rings. The lowest BCUT2D eigenvalue weighted by Crippen LogP contribution is -2.42. The topological polar surface area (TPSA) is 71.2 Å². The largest absolute Gasteiger partial charge is 0.354 e. The van der Waals surface area contributed by atoms with Crippen LogP contribution in [0.25, 0.3) is 0 Å². The van der Waals surface area contributed by atoms with Gasteiger partial charge in [-0.3, -0.25) is 9.69 Å². The number of nitrogens with two attached hydrogens (primary N) is 1. The number of carbonyl (C=O) groups is 1. The van der Waals surface area contributed by atoms with Gasteiger partial charge in [0.05, 0.1) is 10.7 Å². The molecule has 27 heavy (non-hydrogen) atoms. The number of hydrogen-bond donors (Lipinski definition) is 2. The number of nitrogens with one attached hydrogen (secondary N) is 1. The Balaban J connectivity index is 0.00000182. The minimum atomic E-state index is -0.154. The van der Waals surface area contributed by atoms with E-state index in [-0.39, 0.29) is 42.7 Å². The zero-order valence-corrected chi connectivity index (χ0v) is 17.9. The Morgan fingerprint density at radius 2 is 1.96 bits per heavy atom. The van der Waals surface area contributed by atoms with Crippen molar-refractivity contribution < 1.29 is 4.79 Å². The first-order chi connectivity index (χ1) is 12.1. The predicted octanol–water partition coefficient (Wildman–Crippen LogP) is 3.32. The van der Waals surface area contributed by atoms with Crippen LogP contribution in [0.1, 0.15) is 35.1 Å². The van der Waals surface area contributed by atoms with Crippen molar-refractivity contribution in [2.45, 2.75) is 32.4 Å². The molecule has 150 valence electrons. The maximum Gasteiger partial charge on any atom is 0.223 e. The minimum Gasteiger partial charge on any atom is -0.354 e. The van der Waals surface area contributed by atoms with E-state index in [2.05, 4.69) is 20.6 Å². The molecule has 2 heterocycles. The first-order valence-corrected chi connectivity index (χ1v) is 9.71. The Bertz CT molecular complexity index is 690. The third-order valence-corrected chi connectivity index (χ3v) is 5.56. The molecular formula is C19H28Cl2N4OS. The Morgan fingerprint density at radius 3 is 2.56 bits per heavy atom. The third-order valence-electron chi connectivity index (χ3n) is 4.73. The number of rotatable bonds is 6. The molecule has 2 aromatic rings. The van der Waals surface area contributed by atoms with Crippen LogP contribution in [0.5, 0.6) is 0 Å². The molecule has 0 bridgehead atoms. The first kappa shape index (κ1) is 23.9. The van der Waals surface area contributed by atoms with E-state index in [4.69, 9.17) is 5.73 Å². The van der Waals surface area contributed by atoms with E-state index in [0.29, 0.717) is 6.54 Å². The fourth-order valence-corrected chi connectivity index (χ4v) is 3.84. The van der Waals surface area contributed by atoms with Crippen molar-refractivity contribution in [2.24, 2.45) is 11.7 Å². The molecule has 1 amide bonds. The number of hydrogen-bond acceptors (Lipinski definition) is 5. The number of benzene rings is 1. The smallest absolute Gasteiger partial charge is 0.223 e. The molecule has 1 atom stereocenters. The van der Waals surface area contributed by atoms with Crippen LogP contribution in [-0.4, -0.2) is 35.4 Å². The van der Waals surface area contributed by atoms with Crippen LogP contribution in [0.2, 0.25) is 0 Å². The van der Waals surface area contributed by atoms with E-state index in [1.807, 2.05) is 37.3 Å². The number of aryl methyl sites for hydroxylation is 1. The molecule has 3 rings (SSSR count). The van der Waals surface area contributed by atoms with E-state index >= 15 is 0 Å². The monoisotopic (exact) mass is 430 g/mol. The Morgan fingerprint density at radius 1 is 1.30 bits per heavy atom. The zero-order chi connectivity index (χ0) is 17.6. The van der Waals surface area contributed by atoms with Crippen molar-refractivity contribution in [3.05, 3.63) is 52.0 Å². The van der Waals surface area contributed by atoms with Gasteiger partial charge in [-0.15, -0.1) is 36.2 Å². The van der Waals surface area contributed by atoms with Gasteiger partial charge >= 0.3 is 0 Å². The highest BCUT2D eigenvalue weighted by Crippen LogP contribution is 2.20. The van der Waals surface area contributed by atoms with Gasteiger partial charge in [0.25, 0.3) is 0 Å². The average molecular weight is 431 g/mol. The van der Waals surface area contributed by atoms with Crippen LogP contribution in [0, 0.1) is 12.8 Å². The second kappa shape index (κ2) is 11.6. The molecule has 1 aromatic carbocycles. The van der Waals surface area contributed by atoms with Crippen molar-refractivity contribution >= 4 is 42.1 Å². The van der Waals surface area contributed by atoms with Crippen LogP contribution in [-0.2, 0) is 11.3 Å². The lowest BCUT2D eigenvalue weighted by atomic mass is 9.95. The molecule has 0 saturated carbocycles. The molecule has 1 fully saturated rings. The molecule has 1 saturated heterocycles. The van der Waals surface area contributed by atoms with E-state index in [1.54, 1.807) is 11.3 Å². The summed E-state index contributed by atoms with van der Waals surface area (Å²) in [6, 6.07) is 9.74. The fraction of sp³-hybridized carbons (Fsp3) is 0.474. The van der Waals surface area contributed by atoms with Gasteiger partial charge in [-0.2, -0.15) is 0 Å². The summed E-state index contributed by atoms with van der Waals surface area (Å²) >= 11 is 1.69. The van der Waals surface area contributed by atoms with Crippen molar-refractivity contribution in [1.29, 1.82) is 0 Å². The fourth-order valence-electron chi connectivity index (χ4n) is 3.24. The molecule has 0 spiro atoms. The van der Waals surface area contributed by atoms with Crippen LogP contribution in [0.3, 0.4) is 0 Å². The highest BCUT2D eigenvalue weighted by Gasteiger charge is 2.25. The molecule has 1 unspecified atom stereocenters. The highest BCUT2D eigenvalue weighted by atomic mass is 35.5. The summed E-state index contributed by atoms with van der Waals surface area (Å²) in [5, 5.41) is 6.26. The maximum absolute atomic E-state index is 12.4. The quantitative estimate of drug-likeness (QED) is 0.736. The number of halogens is 2. The van der Waals surface area contributed by atoms with Crippen molar-refractivity contribution in [1.82, 2.24) is 15.2 Å². The van der Waals surface area contributed by atoms with Gasteiger partial charge < -0.3 is 11.1 Å². The number of nitrogens with zero attached hydrogens (tertiary/aromatic N) is 2. The number of amides is 1. The molecule has 3 N–H and O–H groups in total. The van der Waals surface area contributed by atoms with Gasteiger partial charge in [0.15, 0.2) is 0 Å². The lowest BCUT2D eigenvalue weighted by Gasteiger charge is -2.31. The van der Waals surface area contributed by atoms with Gasteiger partial charge in [-0.25, -0.2) is 4.98 Å². The van der Waals surface area contributed by atoms with E-state index in [9.17, 15) is 4.79 Å². The van der Waals surface area contributed by atoms with E-state index < -0.39 is 0 Å². The summed E-state index contributed by atoms with van der Waals surface area (Å²) in [5.41, 5.74) is 8.34. The van der Waals surface area contributed by atoms with Crippen LogP contribution < -0.4 is 11.1 Å². The van der Waals surface area contributed by atoms with Crippen LogP contribution >= 0.6 is 36.2 Å². The molecular weight excluding hydrogens is 403 g/mol. The summed E-state index contributed by atoms with van der Waals surface area (Å²) in [6.45, 7) is 5.29. The van der Waals surface area contributed by atoms with Crippen LogP contribution in [0.4, 0.5) is 0 Å². The Labute approximate surface area is 177 Å². The number of likely N-dealkylation sites (tertiary alicyclic amines) is 1. The van der Waals surface area contributed by atoms with E-state index in [0.717, 1.165) is 48.7 Å². The van der Waals surface area contributed by atoms with Gasteiger partial charge in [0.1, 0.15) is 0 Å². The number of piperidine rings is 1. The molecule has 1 aliphatic heterocycles. The SMILES string of the molecule is Cc1nc(CN2CCC(C(=O)NCC(N)c3ccccc3)CC2)cs1.Cl.Cl. The second-order valence-corrected chi connectivity index (χ2v) is 7.73. The first-order valence-electron chi connectivity index (χ1n) is 8.83. The summed E-state index contributed by atoms with van der Waals surface area (Å²) in [4.78, 5) is 19.3. The molecule has 0 aliphatic carbocycles. The van der Waals surface area contributed by atoms with Crippen molar-refractivity contribution in [2.75, 3.05) is 19.6 Å². The number of carbonyl (C=O) groups excluding carboxylic acids is 1. The normalized spacial score (nSPS) is 16.1. The minimum absolute atomic E-state index is 0. The predicted molar refractivity (Wildman–Crippen MR) is 116 cm³/mol. The zero-order valence-electron chi connectivity index (χ0n) is 15.5. The Kier molecular flexibility index (Phi) is 10.3. The number of thiazole rings is 1. The Hall–Kier alpha value is -1.18. The van der Waals surface area contributed by atoms with Gasteiger partial charge in [0, 0.05) is 30.4 Å². The number of aromatic nitrogens is 1. The summed E-state index contributed by atoms with van der Waals surface area (Å²) in [7, 11) is 0. The average Bonchev–Trinajstić information content (AvgIpc) is 3.05. The summed E-state index contributed by atoms with van der Waals surface area (Å²) < 4.78 is 0. The van der Waals surface area contributed by atoms with E-state index in [1.165, 1.54) is 0 Å². The summed E-state index contributed by atoms with van der Waals surface area (Å²) in [5.74, 6) is 0.229. The standard InChI is InChI=1S/C19H26N4OS.2ClH/c1-14-22-17(13-25-14)12-23-9-7-16(8-10-23)19(24)21-11-18(20)15-5-3-2-4-6-15;;/h2-6,13,16,18H,7-12,20H2,1H3,(H,21,24);2*1H. The molecule has 1 aromatic heterocycles. The lowest BCUT2D eigenvalue weighted by molar-refractivity contribution is -0.126. The van der Waals surface area contributed by atoms with Crippen LogP contribution in [0.15, 0.2) is 35.7 Å². The van der Waals surface area contributed by atoms with Gasteiger partial charge in [-0.05, 0) is 38.4 Å². The maximum atomic E-state index is 12.4. The molecule has 8 heteroatoms. The van der Waals surface area contributed by atoms with Gasteiger partial charge in [0.2, 0.25) is 5.91 Å².